The van der Waals surface area contributed by atoms with E-state index in [0.717, 1.165) is 12.8 Å². The van der Waals surface area contributed by atoms with Crippen LogP contribution in [0.1, 0.15) is 60.3 Å². The minimum absolute atomic E-state index is 0.112. The summed E-state index contributed by atoms with van der Waals surface area (Å²) in [6.07, 6.45) is 4.62. The number of carbonyl (C=O) groups is 1. The molecule has 1 aliphatic rings. The lowest BCUT2D eigenvalue weighted by atomic mass is 9.81. The molecule has 112 valence electrons. The zero-order valence-corrected chi connectivity index (χ0v) is 13.4. The molecule has 0 spiro atoms. The normalized spacial score (nSPS) is 26.5. The molecule has 1 amide bonds. The van der Waals surface area contributed by atoms with Gasteiger partial charge in [0.15, 0.2) is 0 Å². The van der Waals surface area contributed by atoms with Gasteiger partial charge in [-0.25, -0.2) is 0 Å². The summed E-state index contributed by atoms with van der Waals surface area (Å²) < 4.78 is 0. The molecule has 0 aromatic carbocycles. The summed E-state index contributed by atoms with van der Waals surface area (Å²) in [4.78, 5) is 14.9. The van der Waals surface area contributed by atoms with Crippen LogP contribution in [0.15, 0.2) is 0 Å². The molecule has 0 heterocycles. The molecule has 4 atom stereocenters. The highest BCUT2D eigenvalue weighted by atomic mass is 16.2. The van der Waals surface area contributed by atoms with Gasteiger partial charge in [-0.3, -0.25) is 4.79 Å². The Morgan fingerprint density at radius 1 is 1.32 bits per heavy atom. The zero-order valence-electron chi connectivity index (χ0n) is 13.4. The Balaban J connectivity index is 2.86. The Labute approximate surface area is 118 Å². The van der Waals surface area contributed by atoms with Gasteiger partial charge in [-0.2, -0.15) is 0 Å². The average molecular weight is 268 g/mol. The quantitative estimate of drug-likeness (QED) is 0.752. The van der Waals surface area contributed by atoms with Gasteiger partial charge in [0.2, 0.25) is 5.91 Å². The van der Waals surface area contributed by atoms with Crippen LogP contribution in [-0.2, 0) is 4.79 Å². The lowest BCUT2D eigenvalue weighted by Crippen LogP contribution is -2.49. The Kier molecular flexibility index (Phi) is 6.31. The van der Waals surface area contributed by atoms with Gasteiger partial charge in [-0.1, -0.05) is 47.5 Å². The molecule has 19 heavy (non-hydrogen) atoms. The minimum atomic E-state index is 0.112. The summed E-state index contributed by atoms with van der Waals surface area (Å²) in [6, 6.07) is 0.364. The second-order valence-corrected chi connectivity index (χ2v) is 6.62. The first-order chi connectivity index (χ1) is 8.93. The maximum Gasteiger partial charge on any atom is 0.227 e. The Morgan fingerprint density at radius 2 is 1.95 bits per heavy atom. The van der Waals surface area contributed by atoms with Crippen molar-refractivity contribution in [2.75, 3.05) is 6.67 Å². The topological polar surface area (TPSA) is 46.3 Å². The van der Waals surface area contributed by atoms with E-state index in [-0.39, 0.29) is 11.8 Å². The first-order valence-corrected chi connectivity index (χ1v) is 7.94. The first-order valence-electron chi connectivity index (χ1n) is 7.94. The van der Waals surface area contributed by atoms with Gasteiger partial charge in [0.1, 0.15) is 0 Å². The number of rotatable bonds is 6. The maximum atomic E-state index is 12.9. The van der Waals surface area contributed by atoms with Crippen LogP contribution in [0.2, 0.25) is 0 Å². The second-order valence-electron chi connectivity index (χ2n) is 6.62. The molecule has 1 aliphatic carbocycles. The summed E-state index contributed by atoms with van der Waals surface area (Å²) in [5.41, 5.74) is 5.90. The minimum Gasteiger partial charge on any atom is -0.327 e. The van der Waals surface area contributed by atoms with Crippen molar-refractivity contribution in [1.29, 1.82) is 0 Å². The molecule has 0 saturated heterocycles. The smallest absolute Gasteiger partial charge is 0.227 e. The third-order valence-electron chi connectivity index (χ3n) is 4.96. The first kappa shape index (κ1) is 16.5. The monoisotopic (exact) mass is 268 g/mol. The molecule has 4 unspecified atom stereocenters. The fourth-order valence-corrected chi connectivity index (χ4v) is 3.61. The molecule has 1 saturated carbocycles. The van der Waals surface area contributed by atoms with Gasteiger partial charge < -0.3 is 10.6 Å². The Morgan fingerprint density at radius 3 is 2.32 bits per heavy atom. The Bertz CT molecular complexity index is 290. The zero-order chi connectivity index (χ0) is 14.6. The van der Waals surface area contributed by atoms with Crippen molar-refractivity contribution in [1.82, 2.24) is 4.90 Å². The van der Waals surface area contributed by atoms with Crippen LogP contribution in [0.25, 0.3) is 0 Å². The van der Waals surface area contributed by atoms with E-state index < -0.39 is 0 Å². The van der Waals surface area contributed by atoms with Gasteiger partial charge in [0, 0.05) is 12.0 Å². The van der Waals surface area contributed by atoms with E-state index in [2.05, 4.69) is 34.6 Å². The summed E-state index contributed by atoms with van der Waals surface area (Å²) >= 11 is 0. The van der Waals surface area contributed by atoms with Crippen LogP contribution in [0.4, 0.5) is 0 Å². The predicted molar refractivity (Wildman–Crippen MR) is 80.5 cm³/mol. The highest BCUT2D eigenvalue weighted by Crippen LogP contribution is 2.32. The molecule has 0 aromatic heterocycles. The van der Waals surface area contributed by atoms with Gasteiger partial charge in [0.05, 0.1) is 6.67 Å². The molecule has 3 heteroatoms. The van der Waals surface area contributed by atoms with Crippen molar-refractivity contribution in [3.63, 3.8) is 0 Å². The number of hydrogen-bond acceptors (Lipinski definition) is 2. The highest BCUT2D eigenvalue weighted by Gasteiger charge is 2.37. The van der Waals surface area contributed by atoms with Crippen molar-refractivity contribution >= 4 is 5.91 Å². The van der Waals surface area contributed by atoms with Gasteiger partial charge >= 0.3 is 0 Å². The molecule has 2 N–H and O–H groups in total. The van der Waals surface area contributed by atoms with Crippen LogP contribution in [0, 0.1) is 23.7 Å². The molecule has 1 fully saturated rings. The highest BCUT2D eigenvalue weighted by molar-refractivity contribution is 5.79. The number of nitrogens with zero attached hydrogens (tertiary/aromatic N) is 1. The molecule has 0 aliphatic heterocycles. The van der Waals surface area contributed by atoms with Crippen molar-refractivity contribution in [2.45, 2.75) is 66.3 Å². The van der Waals surface area contributed by atoms with E-state index in [4.69, 9.17) is 5.73 Å². The number of carbonyl (C=O) groups excluding carboxylic acids is 1. The van der Waals surface area contributed by atoms with E-state index in [1.807, 2.05) is 4.90 Å². The molecular weight excluding hydrogens is 236 g/mol. The molecular formula is C16H32N2O. The number of hydrogen-bond donors (Lipinski definition) is 1. The summed E-state index contributed by atoms with van der Waals surface area (Å²) in [6.45, 7) is 11.3. The molecule has 0 radical (unpaired) electrons. The maximum absolute atomic E-state index is 12.9. The fraction of sp³-hybridized carbons (Fsp3) is 0.938. The molecule has 3 nitrogen and oxygen atoms in total. The SMILES string of the molecule is CCC(C)C(C(=O)N(CN)C1CCCC1C)C(C)C. The lowest BCUT2D eigenvalue weighted by Gasteiger charge is -2.36. The standard InChI is InChI=1S/C16H32N2O/c1-6-12(4)15(11(2)3)16(19)18(10-17)14-9-7-8-13(14)5/h11-15H,6-10,17H2,1-5H3. The molecule has 1 rings (SSSR count). The van der Waals surface area contributed by atoms with E-state index in [0.29, 0.717) is 30.5 Å². The van der Waals surface area contributed by atoms with Crippen molar-refractivity contribution in [2.24, 2.45) is 29.4 Å². The number of amides is 1. The van der Waals surface area contributed by atoms with Gasteiger partial charge in [-0.05, 0) is 30.6 Å². The average Bonchev–Trinajstić information content (AvgIpc) is 2.76. The summed E-state index contributed by atoms with van der Waals surface area (Å²) in [5.74, 6) is 1.80. The second kappa shape index (κ2) is 7.28. The van der Waals surface area contributed by atoms with E-state index in [9.17, 15) is 4.79 Å². The van der Waals surface area contributed by atoms with E-state index in [1.54, 1.807) is 0 Å². The molecule has 0 bridgehead atoms. The van der Waals surface area contributed by atoms with Crippen molar-refractivity contribution in [3.8, 4) is 0 Å². The van der Waals surface area contributed by atoms with Crippen molar-refractivity contribution in [3.05, 3.63) is 0 Å². The van der Waals surface area contributed by atoms with Crippen molar-refractivity contribution < 1.29 is 4.79 Å². The predicted octanol–water partition coefficient (Wildman–Crippen LogP) is 3.24. The fourth-order valence-electron chi connectivity index (χ4n) is 3.61. The van der Waals surface area contributed by atoms with E-state index >= 15 is 0 Å². The Hall–Kier alpha value is -0.570. The summed E-state index contributed by atoms with van der Waals surface area (Å²) in [7, 11) is 0. The van der Waals surface area contributed by atoms with Crippen LogP contribution in [0.3, 0.4) is 0 Å². The van der Waals surface area contributed by atoms with E-state index in [1.165, 1.54) is 12.8 Å². The van der Waals surface area contributed by atoms with Crippen LogP contribution >= 0.6 is 0 Å². The molecule has 0 aromatic rings. The summed E-state index contributed by atoms with van der Waals surface area (Å²) in [5, 5.41) is 0. The van der Waals surface area contributed by atoms with Gasteiger partial charge in [0.25, 0.3) is 0 Å². The van der Waals surface area contributed by atoms with Crippen LogP contribution in [0.5, 0.6) is 0 Å². The third kappa shape index (κ3) is 3.71. The largest absolute Gasteiger partial charge is 0.327 e. The number of nitrogens with two attached hydrogens (primary N) is 1. The third-order valence-corrected chi connectivity index (χ3v) is 4.96. The van der Waals surface area contributed by atoms with Crippen LogP contribution < -0.4 is 5.73 Å². The van der Waals surface area contributed by atoms with Crippen LogP contribution in [-0.4, -0.2) is 23.5 Å². The van der Waals surface area contributed by atoms with Gasteiger partial charge in [-0.15, -0.1) is 0 Å². The lowest BCUT2D eigenvalue weighted by molar-refractivity contribution is -0.142.